The number of halogens is 1. The van der Waals surface area contributed by atoms with Crippen LogP contribution in [0.1, 0.15) is 17.3 Å². The Morgan fingerprint density at radius 3 is 2.65 bits per heavy atom. The maximum Gasteiger partial charge on any atom is 0.337 e. The first-order valence-electron chi connectivity index (χ1n) is 4.66. The number of rotatable bonds is 5. The Hall–Kier alpha value is -1.67. The largest absolute Gasteiger partial charge is 0.478 e. The van der Waals surface area contributed by atoms with Crippen LogP contribution in [0.15, 0.2) is 18.2 Å². The Bertz CT molecular complexity index is 530. The average Bonchev–Trinajstić information content (AvgIpc) is 2.15. The maximum absolute atomic E-state index is 12.9. The normalized spacial score (nSPS) is 11.2. The van der Waals surface area contributed by atoms with Gasteiger partial charge >= 0.3 is 5.97 Å². The smallest absolute Gasteiger partial charge is 0.337 e. The summed E-state index contributed by atoms with van der Waals surface area (Å²) >= 11 is 0. The topological polar surface area (TPSA) is 95.5 Å². The molecule has 0 aliphatic heterocycles. The Morgan fingerprint density at radius 2 is 2.12 bits per heavy atom. The van der Waals surface area contributed by atoms with Gasteiger partial charge in [0.15, 0.2) is 0 Å². The quantitative estimate of drug-likeness (QED) is 0.731. The lowest BCUT2D eigenvalue weighted by molar-refractivity contribution is 0.0698. The van der Waals surface area contributed by atoms with Crippen molar-refractivity contribution in [3.8, 4) is 0 Å². The van der Waals surface area contributed by atoms with E-state index in [4.69, 9.17) is 5.11 Å². The van der Waals surface area contributed by atoms with Crippen molar-refractivity contribution in [1.29, 1.82) is 0 Å². The van der Waals surface area contributed by atoms with Crippen LogP contribution in [0.25, 0.3) is 0 Å². The summed E-state index contributed by atoms with van der Waals surface area (Å²) in [5, 5.41) is 8.81. The Kier molecular flexibility index (Phi) is 4.02. The predicted octanol–water partition coefficient (Wildman–Crippen LogP) is 0.790. The van der Waals surface area contributed by atoms with Gasteiger partial charge in [0.1, 0.15) is 5.82 Å². The van der Waals surface area contributed by atoms with Gasteiger partial charge in [-0.3, -0.25) is 4.72 Å². The molecule has 0 atom stereocenters. The second-order valence-electron chi connectivity index (χ2n) is 3.10. The number of benzene rings is 1. The van der Waals surface area contributed by atoms with Crippen molar-refractivity contribution in [1.82, 2.24) is 4.72 Å². The highest BCUT2D eigenvalue weighted by atomic mass is 32.2. The minimum absolute atomic E-state index is 0.132. The number of carboxylic acid groups (broad SMARTS) is 1. The summed E-state index contributed by atoms with van der Waals surface area (Å²) in [5.74, 6) is -2.08. The molecule has 0 fully saturated rings. The molecular formula is C9H11FN2O4S. The number of nitrogens with one attached hydrogen (secondary N) is 2. The van der Waals surface area contributed by atoms with E-state index in [1.165, 1.54) is 0 Å². The minimum Gasteiger partial charge on any atom is -0.478 e. The van der Waals surface area contributed by atoms with Crippen LogP contribution in [0, 0.1) is 5.82 Å². The molecule has 0 bridgehead atoms. The van der Waals surface area contributed by atoms with Crippen LogP contribution in [0.5, 0.6) is 0 Å². The molecule has 0 amide bonds. The summed E-state index contributed by atoms with van der Waals surface area (Å²) in [5.41, 5.74) is -0.647. The molecule has 1 aromatic rings. The summed E-state index contributed by atoms with van der Waals surface area (Å²) in [4.78, 5) is 10.8. The zero-order valence-corrected chi connectivity index (χ0v) is 9.71. The van der Waals surface area contributed by atoms with Gasteiger partial charge < -0.3 is 5.11 Å². The van der Waals surface area contributed by atoms with Crippen LogP contribution in [0.3, 0.4) is 0 Å². The van der Waals surface area contributed by atoms with Gasteiger partial charge in [-0.05, 0) is 18.2 Å². The Labute approximate surface area is 97.6 Å². The van der Waals surface area contributed by atoms with E-state index < -0.39 is 22.0 Å². The van der Waals surface area contributed by atoms with Crippen molar-refractivity contribution in [2.75, 3.05) is 11.3 Å². The van der Waals surface area contributed by atoms with Crippen LogP contribution in [-0.2, 0) is 10.2 Å². The molecule has 94 valence electrons. The van der Waals surface area contributed by atoms with Gasteiger partial charge in [-0.2, -0.15) is 13.1 Å². The lowest BCUT2D eigenvalue weighted by atomic mass is 10.2. The van der Waals surface area contributed by atoms with Crippen LogP contribution < -0.4 is 9.44 Å². The molecular weight excluding hydrogens is 251 g/mol. The number of carbonyl (C=O) groups is 1. The lowest BCUT2D eigenvalue weighted by Gasteiger charge is -2.10. The number of anilines is 1. The highest BCUT2D eigenvalue weighted by molar-refractivity contribution is 7.90. The molecule has 3 N–H and O–H groups in total. The van der Waals surface area contributed by atoms with E-state index in [1.54, 1.807) is 6.92 Å². The lowest BCUT2D eigenvalue weighted by Crippen LogP contribution is -2.30. The third-order valence-electron chi connectivity index (χ3n) is 1.79. The van der Waals surface area contributed by atoms with E-state index in [9.17, 15) is 17.6 Å². The molecule has 8 heteroatoms. The molecule has 0 aromatic heterocycles. The second-order valence-corrected chi connectivity index (χ2v) is 4.60. The first kappa shape index (κ1) is 13.4. The first-order chi connectivity index (χ1) is 7.85. The molecule has 17 heavy (non-hydrogen) atoms. The monoisotopic (exact) mass is 262 g/mol. The summed E-state index contributed by atoms with van der Waals surface area (Å²) in [7, 11) is -3.89. The van der Waals surface area contributed by atoms with Crippen LogP contribution in [-0.4, -0.2) is 26.0 Å². The molecule has 0 spiro atoms. The van der Waals surface area contributed by atoms with Crippen LogP contribution in [0.4, 0.5) is 10.1 Å². The van der Waals surface area contributed by atoms with Crippen molar-refractivity contribution in [3.05, 3.63) is 29.6 Å². The van der Waals surface area contributed by atoms with Gasteiger partial charge in [-0.25, -0.2) is 9.18 Å². The molecule has 0 aliphatic rings. The maximum atomic E-state index is 12.9. The third-order valence-corrected chi connectivity index (χ3v) is 2.95. The van der Waals surface area contributed by atoms with Crippen LogP contribution >= 0.6 is 0 Å². The Balaban J connectivity index is 3.13. The van der Waals surface area contributed by atoms with E-state index in [-0.39, 0.29) is 17.8 Å². The fourth-order valence-corrected chi connectivity index (χ4v) is 2.07. The van der Waals surface area contributed by atoms with Gasteiger partial charge in [-0.15, -0.1) is 0 Å². The number of carboxylic acids is 1. The van der Waals surface area contributed by atoms with Crippen molar-refractivity contribution >= 4 is 21.9 Å². The van der Waals surface area contributed by atoms with Crippen molar-refractivity contribution in [2.45, 2.75) is 6.92 Å². The molecule has 6 nitrogen and oxygen atoms in total. The molecule has 0 unspecified atom stereocenters. The molecule has 0 saturated heterocycles. The minimum atomic E-state index is -3.89. The van der Waals surface area contributed by atoms with Gasteiger partial charge in [0.2, 0.25) is 0 Å². The SMILES string of the molecule is CCNS(=O)(=O)Nc1cc(F)ccc1C(=O)O. The van der Waals surface area contributed by atoms with Gasteiger partial charge in [-0.1, -0.05) is 6.92 Å². The van der Waals surface area contributed by atoms with E-state index in [0.29, 0.717) is 0 Å². The third kappa shape index (κ3) is 3.68. The van der Waals surface area contributed by atoms with Crippen molar-refractivity contribution in [2.24, 2.45) is 0 Å². The van der Waals surface area contributed by atoms with E-state index in [0.717, 1.165) is 18.2 Å². The fourth-order valence-electron chi connectivity index (χ4n) is 1.16. The molecule has 1 rings (SSSR count). The number of aromatic carboxylic acids is 1. The van der Waals surface area contributed by atoms with Gasteiger partial charge in [0.25, 0.3) is 10.2 Å². The average molecular weight is 262 g/mol. The predicted molar refractivity (Wildman–Crippen MR) is 59.6 cm³/mol. The standard InChI is InChI=1S/C9H11FN2O4S/c1-2-11-17(15,16)12-8-5-6(10)3-4-7(8)9(13)14/h3-5,11-12H,2H2,1H3,(H,13,14). The summed E-state index contributed by atoms with van der Waals surface area (Å²) in [6.07, 6.45) is 0. The molecule has 0 heterocycles. The highest BCUT2D eigenvalue weighted by Gasteiger charge is 2.16. The van der Waals surface area contributed by atoms with Crippen molar-refractivity contribution < 1.29 is 22.7 Å². The molecule has 1 aromatic carbocycles. The zero-order chi connectivity index (χ0) is 13.1. The number of hydrogen-bond donors (Lipinski definition) is 3. The summed E-state index contributed by atoms with van der Waals surface area (Å²) in [6, 6.07) is 2.73. The van der Waals surface area contributed by atoms with Crippen molar-refractivity contribution in [3.63, 3.8) is 0 Å². The van der Waals surface area contributed by atoms with Crippen LogP contribution in [0.2, 0.25) is 0 Å². The van der Waals surface area contributed by atoms with Gasteiger partial charge in [0, 0.05) is 6.54 Å². The first-order valence-corrected chi connectivity index (χ1v) is 6.14. The van der Waals surface area contributed by atoms with Gasteiger partial charge in [0.05, 0.1) is 11.3 Å². The second kappa shape index (κ2) is 5.11. The summed E-state index contributed by atoms with van der Waals surface area (Å²) in [6.45, 7) is 1.69. The zero-order valence-electron chi connectivity index (χ0n) is 8.90. The number of hydrogen-bond acceptors (Lipinski definition) is 3. The molecule has 0 radical (unpaired) electrons. The molecule has 0 aliphatic carbocycles. The van der Waals surface area contributed by atoms with E-state index in [2.05, 4.69) is 4.72 Å². The summed E-state index contributed by atoms with van der Waals surface area (Å²) < 4.78 is 39.7. The fraction of sp³-hybridized carbons (Fsp3) is 0.222. The Morgan fingerprint density at radius 1 is 1.47 bits per heavy atom. The van der Waals surface area contributed by atoms with E-state index in [1.807, 2.05) is 4.72 Å². The van der Waals surface area contributed by atoms with E-state index >= 15 is 0 Å². The molecule has 0 saturated carbocycles. The highest BCUT2D eigenvalue weighted by Crippen LogP contribution is 2.18.